The SMILES string of the molecule is NCC(N)C(=O)NCCNC(=O)CCC(NC(=O)c1ccc(NCc2cnc3nc(N)[nH]c(=O)c3n2)cc1)C(=O)O. The molecule has 3 rings (SSSR count). The Balaban J connectivity index is 1.46. The van der Waals surface area contributed by atoms with Gasteiger partial charge in [0.05, 0.1) is 24.5 Å². The summed E-state index contributed by atoms with van der Waals surface area (Å²) in [5, 5.41) is 20.0. The normalized spacial score (nSPS) is 12.2. The number of aromatic amines is 1. The zero-order chi connectivity index (χ0) is 29.9. The maximum Gasteiger partial charge on any atom is 0.326 e. The van der Waals surface area contributed by atoms with Crippen LogP contribution < -0.4 is 44.0 Å². The third-order valence-corrected chi connectivity index (χ3v) is 5.71. The van der Waals surface area contributed by atoms with Crippen molar-refractivity contribution in [1.29, 1.82) is 0 Å². The van der Waals surface area contributed by atoms with Crippen LogP contribution in [0.15, 0.2) is 35.3 Å². The first kappa shape index (κ1) is 30.4. The van der Waals surface area contributed by atoms with E-state index in [1.807, 2.05) is 0 Å². The molecule has 0 aliphatic rings. The zero-order valence-electron chi connectivity index (χ0n) is 21.8. The molecule has 1 aromatic carbocycles. The predicted octanol–water partition coefficient (Wildman–Crippen LogP) is -2.61. The van der Waals surface area contributed by atoms with Crippen LogP contribution in [-0.2, 0) is 20.9 Å². The molecule has 0 aliphatic carbocycles. The number of hydrogen-bond acceptors (Lipinski definition) is 12. The Morgan fingerprint density at radius 2 is 1.76 bits per heavy atom. The van der Waals surface area contributed by atoms with Gasteiger partial charge < -0.3 is 43.6 Å². The number of carboxylic acids is 1. The van der Waals surface area contributed by atoms with Crippen LogP contribution in [-0.4, -0.2) is 80.5 Å². The number of aromatic nitrogens is 4. The molecule has 3 aromatic rings. The quantitative estimate of drug-likeness (QED) is 0.0900. The maximum absolute atomic E-state index is 12.6. The van der Waals surface area contributed by atoms with Gasteiger partial charge in [-0.3, -0.25) is 24.2 Å². The van der Waals surface area contributed by atoms with Crippen molar-refractivity contribution in [2.24, 2.45) is 11.5 Å². The number of H-pyrrole nitrogens is 1. The van der Waals surface area contributed by atoms with E-state index in [1.165, 1.54) is 18.3 Å². The molecule has 0 fully saturated rings. The fraction of sp³-hybridized carbons (Fsp3) is 0.333. The Kier molecular flexibility index (Phi) is 10.6. The summed E-state index contributed by atoms with van der Waals surface area (Å²) >= 11 is 0. The fourth-order valence-corrected chi connectivity index (χ4v) is 3.48. The highest BCUT2D eigenvalue weighted by atomic mass is 16.4. The fourth-order valence-electron chi connectivity index (χ4n) is 3.48. The first-order valence-corrected chi connectivity index (χ1v) is 12.5. The smallest absolute Gasteiger partial charge is 0.326 e. The second kappa shape index (κ2) is 14.3. The van der Waals surface area contributed by atoms with Crippen LogP contribution in [0.3, 0.4) is 0 Å². The number of nitrogens with zero attached hydrogens (tertiary/aromatic N) is 3. The largest absolute Gasteiger partial charge is 0.480 e. The van der Waals surface area contributed by atoms with Gasteiger partial charge >= 0.3 is 5.97 Å². The molecule has 12 N–H and O–H groups in total. The number of hydrogen-bond donors (Lipinski definition) is 9. The molecular weight excluding hydrogens is 538 g/mol. The molecule has 0 radical (unpaired) electrons. The van der Waals surface area contributed by atoms with Crippen molar-refractivity contribution in [3.05, 3.63) is 52.1 Å². The van der Waals surface area contributed by atoms with E-state index in [0.29, 0.717) is 11.4 Å². The number of carboxylic acid groups (broad SMARTS) is 1. The lowest BCUT2D eigenvalue weighted by molar-refractivity contribution is -0.139. The van der Waals surface area contributed by atoms with Crippen molar-refractivity contribution in [2.75, 3.05) is 30.7 Å². The molecule has 17 heteroatoms. The monoisotopic (exact) mass is 569 g/mol. The number of aliphatic carboxylic acids is 1. The number of benzene rings is 1. The van der Waals surface area contributed by atoms with Crippen molar-refractivity contribution in [2.45, 2.75) is 31.5 Å². The third-order valence-electron chi connectivity index (χ3n) is 5.71. The molecule has 0 spiro atoms. The van der Waals surface area contributed by atoms with E-state index in [2.05, 4.69) is 41.2 Å². The molecule has 218 valence electrons. The molecule has 0 aliphatic heterocycles. The van der Waals surface area contributed by atoms with E-state index < -0.39 is 41.3 Å². The maximum atomic E-state index is 12.6. The molecule has 2 aromatic heterocycles. The summed E-state index contributed by atoms with van der Waals surface area (Å²) in [4.78, 5) is 74.4. The Hall–Kier alpha value is -5.16. The van der Waals surface area contributed by atoms with Gasteiger partial charge in [-0.2, -0.15) is 4.98 Å². The lowest BCUT2D eigenvalue weighted by atomic mass is 10.1. The van der Waals surface area contributed by atoms with E-state index in [0.717, 1.165) is 0 Å². The van der Waals surface area contributed by atoms with Crippen LogP contribution in [0.5, 0.6) is 0 Å². The average Bonchev–Trinajstić information content (AvgIpc) is 2.95. The number of nitrogens with one attached hydrogen (secondary N) is 5. The molecule has 0 saturated heterocycles. The first-order valence-electron chi connectivity index (χ1n) is 12.5. The minimum Gasteiger partial charge on any atom is -0.480 e. The Morgan fingerprint density at radius 1 is 1.05 bits per heavy atom. The molecule has 17 nitrogen and oxygen atoms in total. The topological polar surface area (TPSA) is 286 Å². The van der Waals surface area contributed by atoms with Gasteiger partial charge in [0.1, 0.15) is 6.04 Å². The number of carbonyl (C=O) groups excluding carboxylic acids is 3. The summed E-state index contributed by atoms with van der Waals surface area (Å²) in [6.07, 6.45) is 1.14. The van der Waals surface area contributed by atoms with Crippen molar-refractivity contribution >= 4 is 46.5 Å². The van der Waals surface area contributed by atoms with Gasteiger partial charge in [-0.25, -0.2) is 14.8 Å². The Labute approximate surface area is 232 Å². The number of fused-ring (bicyclic) bond motifs is 1. The van der Waals surface area contributed by atoms with E-state index >= 15 is 0 Å². The van der Waals surface area contributed by atoms with Crippen LogP contribution in [0.25, 0.3) is 11.2 Å². The lowest BCUT2D eigenvalue weighted by Gasteiger charge is -2.15. The third kappa shape index (κ3) is 8.94. The van der Waals surface area contributed by atoms with Crippen molar-refractivity contribution < 1.29 is 24.3 Å². The highest BCUT2D eigenvalue weighted by Crippen LogP contribution is 2.12. The summed E-state index contributed by atoms with van der Waals surface area (Å²) in [5.41, 5.74) is 17.2. The van der Waals surface area contributed by atoms with Gasteiger partial charge in [-0.15, -0.1) is 0 Å². The van der Waals surface area contributed by atoms with Gasteiger partial charge in [0, 0.05) is 37.3 Å². The van der Waals surface area contributed by atoms with E-state index in [9.17, 15) is 29.1 Å². The molecule has 2 heterocycles. The van der Waals surface area contributed by atoms with Crippen LogP contribution in [0.1, 0.15) is 28.9 Å². The highest BCUT2D eigenvalue weighted by molar-refractivity contribution is 5.97. The molecule has 2 unspecified atom stereocenters. The van der Waals surface area contributed by atoms with Gasteiger partial charge in [-0.05, 0) is 30.7 Å². The lowest BCUT2D eigenvalue weighted by Crippen LogP contribution is -2.47. The molecular formula is C24H31N11O6. The highest BCUT2D eigenvalue weighted by Gasteiger charge is 2.22. The second-order valence-electron chi connectivity index (χ2n) is 8.80. The number of rotatable bonds is 14. The molecule has 0 bridgehead atoms. The Morgan fingerprint density at radius 3 is 2.44 bits per heavy atom. The minimum atomic E-state index is -1.30. The molecule has 3 amide bonds. The van der Waals surface area contributed by atoms with Gasteiger partial charge in [0.2, 0.25) is 17.8 Å². The number of nitrogens with two attached hydrogens (primary N) is 3. The minimum absolute atomic E-state index is 0.0115. The summed E-state index contributed by atoms with van der Waals surface area (Å²) in [5.74, 6) is -2.87. The summed E-state index contributed by atoms with van der Waals surface area (Å²) in [6.45, 7) is 0.451. The summed E-state index contributed by atoms with van der Waals surface area (Å²) in [7, 11) is 0. The van der Waals surface area contributed by atoms with Crippen LogP contribution in [0, 0.1) is 0 Å². The standard InChI is InChI=1S/C24H31N11O6/c25-9-15(26)21(38)29-8-7-28-17(36)6-5-16(23(40)41)33-20(37)12-1-3-13(4-2-12)30-10-14-11-31-19-18(32-14)22(39)35-24(27)34-19/h1-4,11,15-16,30H,5-10,25-26H2,(H,28,36)(H,29,38)(H,33,37)(H,40,41)(H3,27,31,34,35,39). The van der Waals surface area contributed by atoms with E-state index in [4.69, 9.17) is 17.2 Å². The van der Waals surface area contributed by atoms with E-state index in [1.54, 1.807) is 12.1 Å². The number of amides is 3. The summed E-state index contributed by atoms with van der Waals surface area (Å²) in [6, 6.07) is 4.08. The molecule has 41 heavy (non-hydrogen) atoms. The Bertz CT molecular complexity index is 1460. The number of nitrogen functional groups attached to an aromatic ring is 1. The summed E-state index contributed by atoms with van der Waals surface area (Å²) < 4.78 is 0. The van der Waals surface area contributed by atoms with Gasteiger partial charge in [-0.1, -0.05) is 0 Å². The van der Waals surface area contributed by atoms with E-state index in [-0.39, 0.29) is 61.7 Å². The zero-order valence-corrected chi connectivity index (χ0v) is 21.8. The van der Waals surface area contributed by atoms with Crippen LogP contribution in [0.2, 0.25) is 0 Å². The predicted molar refractivity (Wildman–Crippen MR) is 147 cm³/mol. The van der Waals surface area contributed by atoms with Gasteiger partial charge in [0.15, 0.2) is 11.2 Å². The number of carbonyl (C=O) groups is 4. The molecule has 0 saturated carbocycles. The van der Waals surface area contributed by atoms with Crippen molar-refractivity contribution in [3.63, 3.8) is 0 Å². The second-order valence-corrected chi connectivity index (χ2v) is 8.80. The van der Waals surface area contributed by atoms with Crippen LogP contribution >= 0.6 is 0 Å². The average molecular weight is 570 g/mol. The van der Waals surface area contributed by atoms with Crippen LogP contribution in [0.4, 0.5) is 11.6 Å². The first-order chi connectivity index (χ1) is 19.6. The number of anilines is 2. The molecule has 2 atom stereocenters. The van der Waals surface area contributed by atoms with Crippen molar-refractivity contribution in [3.8, 4) is 0 Å². The van der Waals surface area contributed by atoms with Crippen molar-refractivity contribution in [1.82, 2.24) is 35.9 Å². The van der Waals surface area contributed by atoms with Gasteiger partial charge in [0.25, 0.3) is 11.5 Å².